The molecule has 1 heterocycles. The van der Waals surface area contributed by atoms with Gasteiger partial charge in [0.15, 0.2) is 4.90 Å². The van der Waals surface area contributed by atoms with Crippen molar-refractivity contribution < 1.29 is 9.35 Å². The molecule has 1 aliphatic heterocycles. The number of likely N-dealkylation sites (tertiary alicyclic amines) is 1. The van der Waals surface area contributed by atoms with E-state index in [2.05, 4.69) is 53.8 Å². The molecule has 5 heteroatoms. The monoisotopic (exact) mass is 432 g/mol. The molecule has 1 aliphatic rings. The van der Waals surface area contributed by atoms with Gasteiger partial charge in [0.25, 0.3) is 0 Å². The van der Waals surface area contributed by atoms with Gasteiger partial charge in [-0.1, -0.05) is 72.8 Å². The van der Waals surface area contributed by atoms with Gasteiger partial charge in [-0.15, -0.1) is 0 Å². The van der Waals surface area contributed by atoms with E-state index in [-0.39, 0.29) is 17.9 Å². The molecular weight excluding hydrogens is 404 g/mol. The third-order valence-corrected chi connectivity index (χ3v) is 7.28. The summed E-state index contributed by atoms with van der Waals surface area (Å²) in [6, 6.07) is 28.5. The fourth-order valence-electron chi connectivity index (χ4n) is 4.26. The summed E-state index contributed by atoms with van der Waals surface area (Å²) in [5.74, 6) is 1.16. The Hall–Kier alpha value is -2.76. The topological polar surface area (TPSA) is 55.4 Å². The second-order valence-electron chi connectivity index (χ2n) is 7.88. The summed E-state index contributed by atoms with van der Waals surface area (Å²) in [5, 5.41) is 3.06. The van der Waals surface area contributed by atoms with E-state index in [1.54, 1.807) is 0 Å². The fraction of sp³-hybridized carbons (Fsp3) is 0.269. The Morgan fingerprint density at radius 1 is 0.903 bits per heavy atom. The number of benzene rings is 3. The van der Waals surface area contributed by atoms with Crippen molar-refractivity contribution in [2.75, 3.05) is 18.8 Å². The van der Waals surface area contributed by atoms with Crippen LogP contribution in [0.25, 0.3) is 0 Å². The number of nitrogens with one attached hydrogen (secondary N) is 1. The smallest absolute Gasteiger partial charge is 0.317 e. The van der Waals surface area contributed by atoms with E-state index in [4.69, 9.17) is 0 Å². The van der Waals surface area contributed by atoms with Crippen molar-refractivity contribution in [3.8, 4) is 0 Å². The minimum Gasteiger partial charge on any atom is -0.611 e. The molecule has 4 rings (SSSR count). The number of hydrogen-bond acceptors (Lipinski definition) is 2. The summed E-state index contributed by atoms with van der Waals surface area (Å²) in [4.78, 5) is 15.7. The van der Waals surface area contributed by atoms with E-state index < -0.39 is 11.2 Å². The van der Waals surface area contributed by atoms with Gasteiger partial charge < -0.3 is 14.8 Å². The Balaban J connectivity index is 1.43. The van der Waals surface area contributed by atoms with Crippen molar-refractivity contribution in [2.24, 2.45) is 0 Å². The first-order chi connectivity index (χ1) is 15.2. The molecule has 0 bridgehead atoms. The summed E-state index contributed by atoms with van der Waals surface area (Å²) in [5.41, 5.74) is 3.54. The lowest BCUT2D eigenvalue weighted by molar-refractivity contribution is 0.207. The van der Waals surface area contributed by atoms with Crippen molar-refractivity contribution in [3.63, 3.8) is 0 Å². The van der Waals surface area contributed by atoms with E-state index in [0.717, 1.165) is 10.5 Å². The molecular formula is C26H28N2O2S. The van der Waals surface area contributed by atoms with Crippen LogP contribution < -0.4 is 5.32 Å². The molecule has 3 aromatic rings. The maximum atomic E-state index is 13.0. The van der Waals surface area contributed by atoms with Gasteiger partial charge in [-0.25, -0.2) is 4.79 Å². The molecule has 0 aliphatic carbocycles. The Morgan fingerprint density at radius 2 is 1.42 bits per heavy atom. The maximum absolute atomic E-state index is 13.0. The molecule has 0 spiro atoms. The van der Waals surface area contributed by atoms with Gasteiger partial charge in [-0.2, -0.15) is 0 Å². The molecule has 0 radical (unpaired) electrons. The van der Waals surface area contributed by atoms with E-state index in [9.17, 15) is 9.35 Å². The Labute approximate surface area is 187 Å². The van der Waals surface area contributed by atoms with Gasteiger partial charge >= 0.3 is 6.03 Å². The second-order valence-corrected chi connectivity index (χ2v) is 9.62. The number of nitrogens with zero attached hydrogens (tertiary/aromatic N) is 1. The average Bonchev–Trinajstić information content (AvgIpc) is 3.29. The first-order valence-electron chi connectivity index (χ1n) is 10.8. The number of urea groups is 1. The predicted molar refractivity (Wildman–Crippen MR) is 126 cm³/mol. The number of rotatable bonds is 6. The zero-order valence-corrected chi connectivity index (χ0v) is 18.6. The van der Waals surface area contributed by atoms with E-state index in [1.807, 2.05) is 48.2 Å². The second kappa shape index (κ2) is 10.0. The lowest BCUT2D eigenvalue weighted by Gasteiger charge is -2.18. The quantitative estimate of drug-likeness (QED) is 0.563. The Morgan fingerprint density at radius 3 is 1.90 bits per heavy atom. The summed E-state index contributed by atoms with van der Waals surface area (Å²) in [6.45, 7) is 3.76. The van der Waals surface area contributed by atoms with Crippen molar-refractivity contribution in [1.29, 1.82) is 0 Å². The highest BCUT2D eigenvalue weighted by molar-refractivity contribution is 7.91. The highest BCUT2D eigenvalue weighted by Gasteiger charge is 2.36. The van der Waals surface area contributed by atoms with Gasteiger partial charge in [0.05, 0.1) is 0 Å². The van der Waals surface area contributed by atoms with Crippen LogP contribution in [0.3, 0.4) is 0 Å². The summed E-state index contributed by atoms with van der Waals surface area (Å²) < 4.78 is 11.9. The summed E-state index contributed by atoms with van der Waals surface area (Å²) >= 11 is -0.953. The zero-order valence-electron chi connectivity index (χ0n) is 17.7. The third kappa shape index (κ3) is 5.12. The lowest BCUT2D eigenvalue weighted by Crippen LogP contribution is -2.38. The maximum Gasteiger partial charge on any atom is 0.317 e. The number of carbonyl (C=O) groups excluding carboxylic acids is 1. The first kappa shape index (κ1) is 21.5. The third-order valence-electron chi connectivity index (χ3n) is 5.95. The van der Waals surface area contributed by atoms with Crippen molar-refractivity contribution in [1.82, 2.24) is 10.2 Å². The number of hydrogen-bond donors (Lipinski definition) is 1. The lowest BCUT2D eigenvalue weighted by atomic mass is 9.84. The minimum atomic E-state index is -0.953. The van der Waals surface area contributed by atoms with Gasteiger partial charge in [-0.05, 0) is 46.9 Å². The highest BCUT2D eigenvalue weighted by atomic mass is 32.2. The zero-order chi connectivity index (χ0) is 21.6. The van der Waals surface area contributed by atoms with E-state index in [1.165, 1.54) is 11.1 Å². The van der Waals surface area contributed by atoms with E-state index >= 15 is 0 Å². The van der Waals surface area contributed by atoms with Crippen LogP contribution in [0, 0.1) is 0 Å². The summed E-state index contributed by atoms with van der Waals surface area (Å²) in [6.07, 6.45) is 0. The summed E-state index contributed by atoms with van der Waals surface area (Å²) in [7, 11) is 0. The van der Waals surface area contributed by atoms with Crippen LogP contribution in [0.1, 0.15) is 35.4 Å². The highest BCUT2D eigenvalue weighted by Crippen LogP contribution is 2.39. The normalized spacial score (nSPS) is 19.2. The molecule has 0 saturated carbocycles. The standard InChI is InChI=1S/C26H28N2O2S/c1-2-31(30)23-15-13-20(14-16-23)17-27-26(29)28-18-24(21-9-5-3-6-10-21)25(19-28)22-11-7-4-8-12-22/h3-16,24-25H,2,17-19H2,1H3,(H,27,29). The largest absolute Gasteiger partial charge is 0.611 e. The van der Waals surface area contributed by atoms with Crippen LogP contribution in [0.15, 0.2) is 89.8 Å². The molecule has 3 unspecified atom stereocenters. The van der Waals surface area contributed by atoms with Crippen LogP contribution in [-0.2, 0) is 17.7 Å². The first-order valence-corrected chi connectivity index (χ1v) is 12.1. The SMILES string of the molecule is CC[S+]([O-])c1ccc(CNC(=O)N2CC(c3ccccc3)C(c3ccccc3)C2)cc1. The molecule has 31 heavy (non-hydrogen) atoms. The molecule has 2 amide bonds. The molecule has 4 nitrogen and oxygen atoms in total. The molecule has 1 fully saturated rings. The number of amides is 2. The predicted octanol–water partition coefficient (Wildman–Crippen LogP) is 4.91. The van der Waals surface area contributed by atoms with Gasteiger partial charge in [0, 0.05) is 31.5 Å². The molecule has 3 atom stereocenters. The molecule has 0 aromatic heterocycles. The van der Waals surface area contributed by atoms with Gasteiger partial charge in [-0.3, -0.25) is 0 Å². The van der Waals surface area contributed by atoms with Crippen LogP contribution in [0.2, 0.25) is 0 Å². The molecule has 1 saturated heterocycles. The molecule has 160 valence electrons. The molecule has 3 aromatic carbocycles. The Bertz CT molecular complexity index is 932. The van der Waals surface area contributed by atoms with Crippen molar-refractivity contribution >= 4 is 17.2 Å². The van der Waals surface area contributed by atoms with Gasteiger partial charge in [0.1, 0.15) is 5.75 Å². The Kier molecular flexibility index (Phi) is 6.95. The van der Waals surface area contributed by atoms with Crippen LogP contribution >= 0.6 is 0 Å². The van der Waals surface area contributed by atoms with Gasteiger partial charge in [0.2, 0.25) is 0 Å². The minimum absolute atomic E-state index is 0.0411. The fourth-order valence-corrected chi connectivity index (χ4v) is 5.03. The van der Waals surface area contributed by atoms with Crippen LogP contribution in [0.4, 0.5) is 4.79 Å². The van der Waals surface area contributed by atoms with Crippen LogP contribution in [0.5, 0.6) is 0 Å². The van der Waals surface area contributed by atoms with Crippen LogP contribution in [-0.4, -0.2) is 34.3 Å². The average molecular weight is 433 g/mol. The van der Waals surface area contributed by atoms with Crippen molar-refractivity contribution in [2.45, 2.75) is 30.2 Å². The van der Waals surface area contributed by atoms with E-state index in [0.29, 0.717) is 25.4 Å². The molecule has 1 N–H and O–H groups in total. The number of carbonyl (C=O) groups is 1. The van der Waals surface area contributed by atoms with Crippen molar-refractivity contribution in [3.05, 3.63) is 102 Å².